The monoisotopic (exact) mass is 250 g/mol. The summed E-state index contributed by atoms with van der Waals surface area (Å²) >= 11 is 0. The lowest BCUT2D eigenvalue weighted by atomic mass is 10.2. The quantitative estimate of drug-likeness (QED) is 0.871. The Labute approximate surface area is 102 Å². The van der Waals surface area contributed by atoms with E-state index in [1.165, 1.54) is 12.1 Å². The van der Waals surface area contributed by atoms with E-state index in [2.05, 4.69) is 10.5 Å². The number of carboxylic acids is 1. The van der Waals surface area contributed by atoms with E-state index in [0.29, 0.717) is 23.7 Å². The van der Waals surface area contributed by atoms with Gasteiger partial charge < -0.3 is 14.9 Å². The van der Waals surface area contributed by atoms with Crippen molar-refractivity contribution in [2.45, 2.75) is 13.5 Å². The van der Waals surface area contributed by atoms with Crippen LogP contribution < -0.4 is 5.32 Å². The van der Waals surface area contributed by atoms with E-state index in [-0.39, 0.29) is 5.56 Å². The van der Waals surface area contributed by atoms with Gasteiger partial charge >= 0.3 is 5.97 Å². The highest BCUT2D eigenvalue weighted by Crippen LogP contribution is 2.15. The summed E-state index contributed by atoms with van der Waals surface area (Å²) in [6.45, 7) is 2.15. The molecule has 0 amide bonds. The van der Waals surface area contributed by atoms with Crippen molar-refractivity contribution < 1.29 is 18.8 Å². The second-order valence-electron chi connectivity index (χ2n) is 3.78. The molecule has 0 aliphatic rings. The number of nitrogens with zero attached hydrogens (tertiary/aromatic N) is 1. The van der Waals surface area contributed by atoms with Gasteiger partial charge in [-0.2, -0.15) is 0 Å². The third-order valence-electron chi connectivity index (χ3n) is 2.35. The summed E-state index contributed by atoms with van der Waals surface area (Å²) in [6.07, 6.45) is 0. The minimum absolute atomic E-state index is 0.349. The molecule has 1 aromatic carbocycles. The molecule has 5 nitrogen and oxygen atoms in total. The molecular formula is C12H11FN2O3. The predicted octanol–water partition coefficient (Wildman–Crippen LogP) is 2.43. The highest BCUT2D eigenvalue weighted by molar-refractivity contribution is 5.88. The van der Waals surface area contributed by atoms with Crippen molar-refractivity contribution in [1.82, 2.24) is 5.16 Å². The van der Waals surface area contributed by atoms with Crippen LogP contribution in [-0.4, -0.2) is 16.2 Å². The molecule has 6 heteroatoms. The van der Waals surface area contributed by atoms with Crippen LogP contribution in [0.1, 0.15) is 21.8 Å². The number of aromatic nitrogens is 1. The summed E-state index contributed by atoms with van der Waals surface area (Å²) in [5, 5.41) is 15.4. The fourth-order valence-corrected chi connectivity index (χ4v) is 1.49. The largest absolute Gasteiger partial charge is 0.478 e. The molecule has 2 aromatic rings. The molecule has 1 heterocycles. The topological polar surface area (TPSA) is 75.4 Å². The van der Waals surface area contributed by atoms with Crippen LogP contribution in [-0.2, 0) is 6.54 Å². The first kappa shape index (κ1) is 12.1. The summed E-state index contributed by atoms with van der Waals surface area (Å²) in [5.41, 5.74) is 0.825. The molecule has 94 valence electrons. The molecule has 0 bridgehead atoms. The maximum atomic E-state index is 13.4. The van der Waals surface area contributed by atoms with Crippen molar-refractivity contribution in [2.75, 3.05) is 5.32 Å². The first-order chi connectivity index (χ1) is 8.56. The van der Waals surface area contributed by atoms with Gasteiger partial charge in [0.05, 0.1) is 12.1 Å². The summed E-state index contributed by atoms with van der Waals surface area (Å²) in [5.74, 6) is -1.37. The smallest absolute Gasteiger partial charge is 0.338 e. The molecule has 0 fully saturated rings. The van der Waals surface area contributed by atoms with Crippen LogP contribution in [0.4, 0.5) is 10.1 Å². The van der Waals surface area contributed by atoms with Gasteiger partial charge in [0, 0.05) is 11.8 Å². The van der Waals surface area contributed by atoms with Gasteiger partial charge in [0.2, 0.25) is 0 Å². The van der Waals surface area contributed by atoms with E-state index in [0.717, 1.165) is 6.07 Å². The molecular weight excluding hydrogens is 239 g/mol. The van der Waals surface area contributed by atoms with Crippen LogP contribution in [0.3, 0.4) is 0 Å². The number of halogens is 1. The Bertz CT molecular complexity index is 580. The number of aryl methyl sites for hydroxylation is 1. The number of nitrogens with one attached hydrogen (secondary N) is 1. The number of hydrogen-bond acceptors (Lipinski definition) is 4. The van der Waals surface area contributed by atoms with Gasteiger partial charge in [-0.05, 0) is 25.1 Å². The van der Waals surface area contributed by atoms with Crippen molar-refractivity contribution in [2.24, 2.45) is 0 Å². The lowest BCUT2D eigenvalue weighted by molar-refractivity contribution is 0.0692. The van der Waals surface area contributed by atoms with Gasteiger partial charge in [-0.1, -0.05) is 5.16 Å². The molecule has 18 heavy (non-hydrogen) atoms. The van der Waals surface area contributed by atoms with E-state index in [1.54, 1.807) is 13.0 Å². The van der Waals surface area contributed by atoms with Gasteiger partial charge in [0.25, 0.3) is 0 Å². The maximum absolute atomic E-state index is 13.4. The molecule has 0 spiro atoms. The Morgan fingerprint density at radius 3 is 2.83 bits per heavy atom. The van der Waals surface area contributed by atoms with E-state index in [1.807, 2.05) is 0 Å². The van der Waals surface area contributed by atoms with Gasteiger partial charge in [-0.15, -0.1) is 0 Å². The normalized spacial score (nSPS) is 10.3. The summed E-state index contributed by atoms with van der Waals surface area (Å²) < 4.78 is 18.3. The Morgan fingerprint density at radius 2 is 2.28 bits per heavy atom. The van der Waals surface area contributed by atoms with Crippen LogP contribution >= 0.6 is 0 Å². The van der Waals surface area contributed by atoms with Crippen LogP contribution in [0, 0.1) is 12.7 Å². The Kier molecular flexibility index (Phi) is 3.27. The molecule has 0 aliphatic heterocycles. The summed E-state index contributed by atoms with van der Waals surface area (Å²) in [7, 11) is 0. The second kappa shape index (κ2) is 4.87. The SMILES string of the molecule is Cc1cc(CNc2ccc(C(=O)O)c(F)c2)no1. The van der Waals surface area contributed by atoms with Crippen molar-refractivity contribution in [3.8, 4) is 0 Å². The highest BCUT2D eigenvalue weighted by atomic mass is 19.1. The summed E-state index contributed by atoms with van der Waals surface area (Å²) in [4.78, 5) is 10.6. The van der Waals surface area contributed by atoms with Crippen molar-refractivity contribution in [1.29, 1.82) is 0 Å². The molecule has 0 aliphatic carbocycles. The molecule has 2 N–H and O–H groups in total. The zero-order valence-electron chi connectivity index (χ0n) is 9.61. The van der Waals surface area contributed by atoms with Gasteiger partial charge in [-0.3, -0.25) is 0 Å². The van der Waals surface area contributed by atoms with Crippen LogP contribution in [0.2, 0.25) is 0 Å². The number of aromatic carboxylic acids is 1. The van der Waals surface area contributed by atoms with Gasteiger partial charge in [-0.25, -0.2) is 9.18 Å². The average molecular weight is 250 g/mol. The Morgan fingerprint density at radius 1 is 1.50 bits per heavy atom. The van der Waals surface area contributed by atoms with E-state index in [4.69, 9.17) is 9.63 Å². The number of carboxylic acid groups (broad SMARTS) is 1. The van der Waals surface area contributed by atoms with E-state index < -0.39 is 11.8 Å². The van der Waals surface area contributed by atoms with Crippen molar-refractivity contribution >= 4 is 11.7 Å². The number of anilines is 1. The van der Waals surface area contributed by atoms with Gasteiger partial charge in [0.1, 0.15) is 17.3 Å². The molecule has 1 aromatic heterocycles. The first-order valence-electron chi connectivity index (χ1n) is 5.25. The van der Waals surface area contributed by atoms with Crippen molar-refractivity contribution in [3.63, 3.8) is 0 Å². The minimum Gasteiger partial charge on any atom is -0.478 e. The Hall–Kier alpha value is -2.37. The van der Waals surface area contributed by atoms with Crippen LogP contribution in [0.5, 0.6) is 0 Å². The van der Waals surface area contributed by atoms with Crippen molar-refractivity contribution in [3.05, 3.63) is 47.1 Å². The lowest BCUT2D eigenvalue weighted by Gasteiger charge is -2.05. The Balaban J connectivity index is 2.06. The second-order valence-corrected chi connectivity index (χ2v) is 3.78. The number of hydrogen-bond donors (Lipinski definition) is 2. The third-order valence-corrected chi connectivity index (χ3v) is 2.35. The third kappa shape index (κ3) is 2.65. The highest BCUT2D eigenvalue weighted by Gasteiger charge is 2.10. The molecule has 0 radical (unpaired) electrons. The molecule has 0 saturated heterocycles. The fourth-order valence-electron chi connectivity index (χ4n) is 1.49. The molecule has 0 unspecified atom stereocenters. The minimum atomic E-state index is -1.29. The fraction of sp³-hybridized carbons (Fsp3) is 0.167. The van der Waals surface area contributed by atoms with E-state index >= 15 is 0 Å². The molecule has 0 saturated carbocycles. The molecule has 2 rings (SSSR count). The lowest BCUT2D eigenvalue weighted by Crippen LogP contribution is -2.03. The number of benzene rings is 1. The number of rotatable bonds is 4. The van der Waals surface area contributed by atoms with E-state index in [9.17, 15) is 9.18 Å². The average Bonchev–Trinajstić information content (AvgIpc) is 2.72. The zero-order chi connectivity index (χ0) is 13.1. The summed E-state index contributed by atoms with van der Waals surface area (Å²) in [6, 6.07) is 5.61. The maximum Gasteiger partial charge on any atom is 0.338 e. The predicted molar refractivity (Wildman–Crippen MR) is 61.9 cm³/mol. The van der Waals surface area contributed by atoms with Crippen LogP contribution in [0.25, 0.3) is 0 Å². The first-order valence-corrected chi connectivity index (χ1v) is 5.25. The van der Waals surface area contributed by atoms with Gasteiger partial charge in [0.15, 0.2) is 0 Å². The standard InChI is InChI=1S/C12H11FN2O3/c1-7-4-9(15-18-7)6-14-8-2-3-10(12(16)17)11(13)5-8/h2-5,14H,6H2,1H3,(H,16,17). The zero-order valence-corrected chi connectivity index (χ0v) is 9.61. The van der Waals surface area contributed by atoms with Crippen LogP contribution in [0.15, 0.2) is 28.8 Å². The number of carbonyl (C=O) groups is 1. The molecule has 0 atom stereocenters.